The topological polar surface area (TPSA) is 21.1 Å². The monoisotopic (exact) mass is 387 g/mol. The molecule has 0 radical (unpaired) electrons. The van der Waals surface area contributed by atoms with Crippen molar-refractivity contribution in [1.82, 2.24) is 14.7 Å². The van der Waals surface area contributed by atoms with Gasteiger partial charge in [-0.1, -0.05) is 0 Å². The van der Waals surface area contributed by atoms with Gasteiger partial charge in [-0.15, -0.1) is 0 Å². The molecule has 0 aliphatic carbocycles. The van der Waals surface area contributed by atoms with Gasteiger partial charge in [0, 0.05) is 11.9 Å². The van der Waals surface area contributed by atoms with Crippen LogP contribution in [-0.2, 0) is 6.54 Å². The molecule has 108 valence electrons. The fraction of sp³-hybridized carbons (Fsp3) is 0.533. The molecule has 5 heteroatoms. The summed E-state index contributed by atoms with van der Waals surface area (Å²) in [5, 5.41) is 5.48. The highest BCUT2D eigenvalue weighted by Crippen LogP contribution is 2.24. The Morgan fingerprint density at radius 2 is 2.10 bits per heavy atom. The molecule has 1 aliphatic rings. The first-order chi connectivity index (χ1) is 9.63. The van der Waals surface area contributed by atoms with E-state index in [-0.39, 0.29) is 5.82 Å². The summed E-state index contributed by atoms with van der Waals surface area (Å²) >= 11 is 2.19. The molecule has 20 heavy (non-hydrogen) atoms. The largest absolute Gasteiger partial charge is 0.306 e. The molecule has 3 rings (SSSR count). The SMILES string of the molecule is CN1CCC(CCn2nc(I)c3cc(F)ccc32)CC1. The van der Waals surface area contributed by atoms with Crippen molar-refractivity contribution in [3.63, 3.8) is 0 Å². The van der Waals surface area contributed by atoms with Crippen LogP contribution in [0.25, 0.3) is 10.9 Å². The van der Waals surface area contributed by atoms with Crippen molar-refractivity contribution in [2.75, 3.05) is 20.1 Å². The van der Waals surface area contributed by atoms with E-state index in [0.717, 1.165) is 33.5 Å². The molecule has 2 heterocycles. The van der Waals surface area contributed by atoms with E-state index in [2.05, 4.69) is 39.6 Å². The van der Waals surface area contributed by atoms with Crippen LogP contribution in [0.4, 0.5) is 4.39 Å². The zero-order valence-corrected chi connectivity index (χ0v) is 13.8. The quantitative estimate of drug-likeness (QED) is 0.752. The first-order valence-corrected chi connectivity index (χ1v) is 8.21. The summed E-state index contributed by atoms with van der Waals surface area (Å²) in [6, 6.07) is 4.94. The van der Waals surface area contributed by atoms with Gasteiger partial charge in [0.15, 0.2) is 0 Å². The number of hydrogen-bond acceptors (Lipinski definition) is 2. The molecule has 1 aromatic heterocycles. The Bertz CT molecular complexity index is 602. The molecular weight excluding hydrogens is 368 g/mol. The van der Waals surface area contributed by atoms with Gasteiger partial charge in [0.25, 0.3) is 0 Å². The Balaban J connectivity index is 1.71. The molecule has 0 saturated carbocycles. The van der Waals surface area contributed by atoms with E-state index < -0.39 is 0 Å². The Morgan fingerprint density at radius 1 is 1.35 bits per heavy atom. The molecule has 3 nitrogen and oxygen atoms in total. The van der Waals surface area contributed by atoms with Gasteiger partial charge in [-0.05, 0) is 86.1 Å². The van der Waals surface area contributed by atoms with Crippen molar-refractivity contribution in [2.24, 2.45) is 5.92 Å². The number of benzene rings is 1. The highest BCUT2D eigenvalue weighted by Gasteiger charge is 2.17. The highest BCUT2D eigenvalue weighted by molar-refractivity contribution is 14.1. The lowest BCUT2D eigenvalue weighted by atomic mass is 9.94. The molecule has 0 bridgehead atoms. The molecule has 0 unspecified atom stereocenters. The van der Waals surface area contributed by atoms with Crippen LogP contribution in [0.1, 0.15) is 19.3 Å². The van der Waals surface area contributed by atoms with Crippen LogP contribution in [0.5, 0.6) is 0 Å². The van der Waals surface area contributed by atoms with Gasteiger partial charge in [0.05, 0.1) is 5.52 Å². The summed E-state index contributed by atoms with van der Waals surface area (Å²) in [4.78, 5) is 2.39. The molecule has 1 fully saturated rings. The van der Waals surface area contributed by atoms with Crippen molar-refractivity contribution in [1.29, 1.82) is 0 Å². The first kappa shape index (κ1) is 14.3. The summed E-state index contributed by atoms with van der Waals surface area (Å²) in [7, 11) is 2.19. The van der Waals surface area contributed by atoms with Gasteiger partial charge in [-0.25, -0.2) is 4.39 Å². The van der Waals surface area contributed by atoms with Crippen molar-refractivity contribution >= 4 is 33.5 Å². The number of aromatic nitrogens is 2. The van der Waals surface area contributed by atoms with E-state index in [1.165, 1.54) is 32.0 Å². The Hall–Kier alpha value is -0.690. The van der Waals surface area contributed by atoms with E-state index >= 15 is 0 Å². The van der Waals surface area contributed by atoms with Crippen LogP contribution < -0.4 is 0 Å². The summed E-state index contributed by atoms with van der Waals surface area (Å²) < 4.78 is 16.2. The third-order valence-corrected chi connectivity index (χ3v) is 5.05. The molecule has 0 atom stereocenters. The molecule has 2 aromatic rings. The number of hydrogen-bond donors (Lipinski definition) is 0. The number of likely N-dealkylation sites (tertiary alicyclic amines) is 1. The molecule has 0 spiro atoms. The number of halogens is 2. The second-order valence-electron chi connectivity index (χ2n) is 5.71. The van der Waals surface area contributed by atoms with E-state index in [9.17, 15) is 4.39 Å². The number of piperidine rings is 1. The fourth-order valence-corrected chi connectivity index (χ4v) is 3.63. The van der Waals surface area contributed by atoms with Crippen molar-refractivity contribution < 1.29 is 4.39 Å². The number of rotatable bonds is 3. The van der Waals surface area contributed by atoms with Gasteiger partial charge in [0.2, 0.25) is 0 Å². The summed E-state index contributed by atoms with van der Waals surface area (Å²) in [5.74, 6) is 0.605. The molecule has 1 aromatic carbocycles. The maximum atomic E-state index is 13.3. The minimum absolute atomic E-state index is 0.190. The van der Waals surface area contributed by atoms with Crippen LogP contribution in [0.2, 0.25) is 0 Å². The molecule has 0 amide bonds. The van der Waals surface area contributed by atoms with Crippen LogP contribution in [0.15, 0.2) is 18.2 Å². The lowest BCUT2D eigenvalue weighted by Gasteiger charge is -2.28. The third kappa shape index (κ3) is 2.98. The van der Waals surface area contributed by atoms with Crippen LogP contribution in [0, 0.1) is 15.4 Å². The molecule has 0 N–H and O–H groups in total. The minimum Gasteiger partial charge on any atom is -0.306 e. The average Bonchev–Trinajstić information content (AvgIpc) is 2.74. The standard InChI is InChI=1S/C15H19FIN3/c1-19-7-4-11(5-8-19)6-9-20-14-3-2-12(16)10-13(14)15(17)18-20/h2-3,10-11H,4-9H2,1H3. The Labute approximate surface area is 132 Å². The van der Waals surface area contributed by atoms with Gasteiger partial charge >= 0.3 is 0 Å². The van der Waals surface area contributed by atoms with Crippen LogP contribution in [0.3, 0.4) is 0 Å². The predicted octanol–water partition coefficient (Wildman–Crippen LogP) is 3.51. The number of nitrogens with zero attached hydrogens (tertiary/aromatic N) is 3. The second-order valence-corrected chi connectivity index (χ2v) is 6.73. The summed E-state index contributed by atoms with van der Waals surface area (Å²) in [5.41, 5.74) is 1.05. The molecular formula is C15H19FIN3. The van der Waals surface area contributed by atoms with E-state index in [1.54, 1.807) is 6.07 Å². The third-order valence-electron chi connectivity index (χ3n) is 4.25. The van der Waals surface area contributed by atoms with Crippen molar-refractivity contribution in [3.8, 4) is 0 Å². The minimum atomic E-state index is -0.190. The zero-order chi connectivity index (χ0) is 14.1. The lowest BCUT2D eigenvalue weighted by Crippen LogP contribution is -2.30. The Morgan fingerprint density at radius 3 is 2.85 bits per heavy atom. The van der Waals surface area contributed by atoms with Crippen molar-refractivity contribution in [3.05, 3.63) is 27.7 Å². The van der Waals surface area contributed by atoms with E-state index in [4.69, 9.17) is 0 Å². The van der Waals surface area contributed by atoms with Gasteiger partial charge < -0.3 is 4.90 Å². The van der Waals surface area contributed by atoms with E-state index in [0.29, 0.717) is 0 Å². The number of aryl methyl sites for hydroxylation is 1. The summed E-state index contributed by atoms with van der Waals surface area (Å²) in [6.45, 7) is 3.33. The van der Waals surface area contributed by atoms with E-state index in [1.807, 2.05) is 10.7 Å². The van der Waals surface area contributed by atoms with Gasteiger partial charge in [-0.3, -0.25) is 4.68 Å². The maximum Gasteiger partial charge on any atom is 0.131 e. The number of fused-ring (bicyclic) bond motifs is 1. The maximum absolute atomic E-state index is 13.3. The predicted molar refractivity (Wildman–Crippen MR) is 87.2 cm³/mol. The van der Waals surface area contributed by atoms with Gasteiger partial charge in [-0.2, -0.15) is 5.10 Å². The van der Waals surface area contributed by atoms with Crippen molar-refractivity contribution in [2.45, 2.75) is 25.8 Å². The highest BCUT2D eigenvalue weighted by atomic mass is 127. The summed E-state index contributed by atoms with van der Waals surface area (Å²) in [6.07, 6.45) is 3.72. The van der Waals surface area contributed by atoms with Crippen LogP contribution >= 0.6 is 22.6 Å². The Kier molecular flexibility index (Phi) is 4.26. The molecule has 1 aliphatic heterocycles. The average molecular weight is 387 g/mol. The van der Waals surface area contributed by atoms with Gasteiger partial charge in [0.1, 0.15) is 9.52 Å². The first-order valence-electron chi connectivity index (χ1n) is 7.13. The smallest absolute Gasteiger partial charge is 0.131 e. The lowest BCUT2D eigenvalue weighted by molar-refractivity contribution is 0.207. The fourth-order valence-electron chi connectivity index (χ4n) is 2.94. The zero-order valence-electron chi connectivity index (χ0n) is 11.6. The second kappa shape index (κ2) is 5.97. The van der Waals surface area contributed by atoms with Crippen LogP contribution in [-0.4, -0.2) is 34.8 Å². The normalized spacial score (nSPS) is 17.9. The molecule has 1 saturated heterocycles.